The number of imidazole rings is 1. The molecular formula is C26H25Cl3N8O4S. The maximum atomic E-state index is 12.3. The van der Waals surface area contributed by atoms with E-state index in [0.717, 1.165) is 16.5 Å². The van der Waals surface area contributed by atoms with E-state index in [1.807, 2.05) is 17.2 Å². The molecular weight excluding hydrogens is 627 g/mol. The van der Waals surface area contributed by atoms with E-state index >= 15 is 0 Å². The van der Waals surface area contributed by atoms with Gasteiger partial charge in [-0.25, -0.2) is 23.4 Å². The summed E-state index contributed by atoms with van der Waals surface area (Å²) < 4.78 is 38.7. The zero-order valence-corrected chi connectivity index (χ0v) is 25.6. The van der Waals surface area contributed by atoms with Crippen LogP contribution in [0, 0.1) is 0 Å². The molecule has 4 aromatic heterocycles. The van der Waals surface area contributed by atoms with Gasteiger partial charge >= 0.3 is 0 Å². The molecule has 42 heavy (non-hydrogen) atoms. The lowest BCUT2D eigenvalue weighted by Crippen LogP contribution is -2.49. The van der Waals surface area contributed by atoms with E-state index in [-0.39, 0.29) is 13.1 Å². The molecule has 0 unspecified atom stereocenters. The quantitative estimate of drug-likeness (QED) is 0.192. The Morgan fingerprint density at radius 1 is 1.00 bits per heavy atom. The molecule has 12 nitrogen and oxygen atoms in total. The van der Waals surface area contributed by atoms with Gasteiger partial charge in [0.05, 0.1) is 31.3 Å². The summed E-state index contributed by atoms with van der Waals surface area (Å²) in [5, 5.41) is 6.05. The summed E-state index contributed by atoms with van der Waals surface area (Å²) >= 11 is 18.4. The summed E-state index contributed by atoms with van der Waals surface area (Å²) in [6.07, 6.45) is 3.65. The van der Waals surface area contributed by atoms with E-state index in [4.69, 9.17) is 54.4 Å². The van der Waals surface area contributed by atoms with Crippen LogP contribution < -0.4 is 14.4 Å². The highest BCUT2D eigenvalue weighted by atomic mass is 35.5. The summed E-state index contributed by atoms with van der Waals surface area (Å²) in [7, 11) is -0.395. The van der Waals surface area contributed by atoms with Crippen molar-refractivity contribution in [3.05, 3.63) is 52.7 Å². The number of sulfonamides is 1. The summed E-state index contributed by atoms with van der Waals surface area (Å²) in [5.74, 6) is 2.30. The van der Waals surface area contributed by atoms with Crippen LogP contribution in [0.3, 0.4) is 0 Å². The van der Waals surface area contributed by atoms with E-state index in [2.05, 4.69) is 15.0 Å². The van der Waals surface area contributed by atoms with Crippen molar-refractivity contribution in [3.8, 4) is 22.6 Å². The summed E-state index contributed by atoms with van der Waals surface area (Å²) in [4.78, 5) is 18.9. The van der Waals surface area contributed by atoms with Crippen LogP contribution in [0.25, 0.3) is 33.2 Å². The van der Waals surface area contributed by atoms with Gasteiger partial charge in [0.15, 0.2) is 23.0 Å². The second kappa shape index (κ2) is 11.4. The molecule has 0 aliphatic carbocycles. The molecule has 220 valence electrons. The monoisotopic (exact) mass is 650 g/mol. The third-order valence-corrected chi connectivity index (χ3v) is 9.86. The minimum Gasteiger partial charge on any atom is -0.493 e. The van der Waals surface area contributed by atoms with Gasteiger partial charge < -0.3 is 19.4 Å². The van der Waals surface area contributed by atoms with Crippen LogP contribution in [0.4, 0.5) is 5.82 Å². The van der Waals surface area contributed by atoms with Gasteiger partial charge in [0, 0.05) is 61.2 Å². The third-order valence-electron chi connectivity index (χ3n) is 7.09. The predicted molar refractivity (Wildman–Crippen MR) is 163 cm³/mol. The van der Waals surface area contributed by atoms with Crippen molar-refractivity contribution in [1.82, 2.24) is 34.0 Å². The number of nitrogens with zero attached hydrogens (tertiary/aromatic N) is 7. The molecule has 0 spiro atoms. The number of halogens is 3. The van der Waals surface area contributed by atoms with E-state index in [1.165, 1.54) is 4.31 Å². The SMILES string of the molecule is COc1cc(Cl)c(-c2cnc(N3CCN(S(=O)(=O)CCl)CC3)c3nn(Cc4nc5nc(Cl)ccc5[nH]4)cc23)cc1OC. The number of alkyl halides is 1. The Balaban J connectivity index is 1.43. The zero-order valence-electron chi connectivity index (χ0n) is 22.5. The Hall–Kier alpha value is -3.36. The minimum absolute atomic E-state index is 0.288. The fourth-order valence-corrected chi connectivity index (χ4v) is 6.69. The average Bonchev–Trinajstić information content (AvgIpc) is 3.60. The normalized spacial score (nSPS) is 14.6. The molecule has 5 aromatic rings. The van der Waals surface area contributed by atoms with Gasteiger partial charge in [-0.05, 0) is 18.2 Å². The molecule has 16 heteroatoms. The molecule has 1 aliphatic heterocycles. The molecule has 1 aromatic carbocycles. The number of H-pyrrole nitrogens is 1. The van der Waals surface area contributed by atoms with Gasteiger partial charge in [-0.1, -0.05) is 23.2 Å². The van der Waals surface area contributed by atoms with Gasteiger partial charge in [-0.2, -0.15) is 9.40 Å². The second-order valence-corrected chi connectivity index (χ2v) is 12.9. The Morgan fingerprint density at radius 3 is 2.45 bits per heavy atom. The fourth-order valence-electron chi connectivity index (χ4n) is 5.02. The van der Waals surface area contributed by atoms with Crippen molar-refractivity contribution >= 4 is 72.7 Å². The highest BCUT2D eigenvalue weighted by Crippen LogP contribution is 2.41. The molecule has 5 heterocycles. The number of benzene rings is 1. The Labute approximate surface area is 256 Å². The fraction of sp³-hybridized carbons (Fsp3) is 0.308. The van der Waals surface area contributed by atoms with Crippen molar-refractivity contribution in [2.24, 2.45) is 0 Å². The van der Waals surface area contributed by atoms with Crippen LogP contribution in [0.5, 0.6) is 11.5 Å². The smallest absolute Gasteiger partial charge is 0.228 e. The van der Waals surface area contributed by atoms with Crippen molar-refractivity contribution < 1.29 is 17.9 Å². The first-order chi connectivity index (χ1) is 20.2. The van der Waals surface area contributed by atoms with Crippen molar-refractivity contribution in [3.63, 3.8) is 0 Å². The summed E-state index contributed by atoms with van der Waals surface area (Å²) in [6, 6.07) is 7.02. The van der Waals surface area contributed by atoms with E-state index in [1.54, 1.807) is 43.3 Å². The number of aromatic nitrogens is 6. The van der Waals surface area contributed by atoms with E-state index < -0.39 is 15.2 Å². The molecule has 0 amide bonds. The van der Waals surface area contributed by atoms with Crippen LogP contribution >= 0.6 is 34.8 Å². The molecule has 0 saturated carbocycles. The lowest BCUT2D eigenvalue weighted by Gasteiger charge is -2.34. The second-order valence-electron chi connectivity index (χ2n) is 9.57. The van der Waals surface area contributed by atoms with Gasteiger partial charge in [-0.3, -0.25) is 4.68 Å². The van der Waals surface area contributed by atoms with Crippen molar-refractivity contribution in [2.75, 3.05) is 50.5 Å². The maximum absolute atomic E-state index is 12.3. The third kappa shape index (κ3) is 5.31. The average molecular weight is 652 g/mol. The Bertz CT molecular complexity index is 1900. The van der Waals surface area contributed by atoms with Gasteiger partial charge in [-0.15, -0.1) is 11.6 Å². The van der Waals surface area contributed by atoms with Crippen LogP contribution in [0.15, 0.2) is 36.7 Å². The van der Waals surface area contributed by atoms with Crippen LogP contribution in [-0.4, -0.2) is 88.1 Å². The van der Waals surface area contributed by atoms with Crippen LogP contribution in [0.2, 0.25) is 10.2 Å². The number of hydrogen-bond acceptors (Lipinski definition) is 9. The lowest BCUT2D eigenvalue weighted by molar-refractivity contribution is 0.355. The standard InChI is InChI=1S/C26H25Cl3N8O4S/c1-40-20-9-15(18(28)10-21(20)41-2)16-11-30-26(35-5-7-37(8-6-35)42(38,39)14-27)24-17(16)12-36(34-24)13-23-31-19-3-4-22(29)32-25(19)33-23/h3-4,9-12H,5-8,13-14H2,1-2H3,(H,31,32,33). The Kier molecular flexibility index (Phi) is 7.79. The number of pyridine rings is 2. The molecule has 0 radical (unpaired) electrons. The highest BCUT2D eigenvalue weighted by Gasteiger charge is 2.29. The lowest BCUT2D eigenvalue weighted by atomic mass is 10.0. The molecule has 6 rings (SSSR count). The van der Waals surface area contributed by atoms with E-state index in [0.29, 0.717) is 69.7 Å². The van der Waals surface area contributed by atoms with Crippen molar-refractivity contribution in [1.29, 1.82) is 0 Å². The highest BCUT2D eigenvalue weighted by molar-refractivity contribution is 7.90. The maximum Gasteiger partial charge on any atom is 0.228 e. The molecule has 1 saturated heterocycles. The number of piperazine rings is 1. The number of ether oxygens (including phenoxy) is 2. The van der Waals surface area contributed by atoms with Gasteiger partial charge in [0.2, 0.25) is 10.0 Å². The number of fused-ring (bicyclic) bond motifs is 2. The van der Waals surface area contributed by atoms with Gasteiger partial charge in [0.25, 0.3) is 0 Å². The number of aromatic amines is 1. The molecule has 0 atom stereocenters. The van der Waals surface area contributed by atoms with E-state index in [9.17, 15) is 8.42 Å². The zero-order chi connectivity index (χ0) is 29.6. The number of hydrogen-bond donors (Lipinski definition) is 1. The van der Waals surface area contributed by atoms with Gasteiger partial charge in [0.1, 0.15) is 21.7 Å². The molecule has 1 N–H and O–H groups in total. The number of methoxy groups -OCH3 is 2. The largest absolute Gasteiger partial charge is 0.493 e. The van der Waals surface area contributed by atoms with Crippen LogP contribution in [-0.2, 0) is 16.6 Å². The van der Waals surface area contributed by atoms with Crippen LogP contribution in [0.1, 0.15) is 5.82 Å². The topological polar surface area (TPSA) is 131 Å². The van der Waals surface area contributed by atoms with Crippen molar-refractivity contribution in [2.45, 2.75) is 6.54 Å². The first kappa shape index (κ1) is 28.7. The first-order valence-electron chi connectivity index (χ1n) is 12.8. The predicted octanol–water partition coefficient (Wildman–Crippen LogP) is 4.39. The number of anilines is 1. The number of nitrogens with one attached hydrogen (secondary N) is 1. The first-order valence-corrected chi connectivity index (χ1v) is 15.7. The minimum atomic E-state index is -3.50. The Morgan fingerprint density at radius 2 is 1.74 bits per heavy atom. The molecule has 0 bridgehead atoms. The number of rotatable bonds is 8. The molecule has 1 fully saturated rings. The summed E-state index contributed by atoms with van der Waals surface area (Å²) in [5.41, 5.74) is 3.34. The molecule has 1 aliphatic rings. The summed E-state index contributed by atoms with van der Waals surface area (Å²) in [6.45, 7) is 1.76.